The zero-order valence-electron chi connectivity index (χ0n) is 18.4. The molecule has 172 valence electrons. The summed E-state index contributed by atoms with van der Waals surface area (Å²) in [7, 11) is -3.76. The highest BCUT2D eigenvalue weighted by Gasteiger charge is 2.25. The summed E-state index contributed by atoms with van der Waals surface area (Å²) in [6, 6.07) is 21.7. The van der Waals surface area contributed by atoms with E-state index in [4.69, 9.17) is 11.6 Å². The zero-order valence-corrected chi connectivity index (χ0v) is 19.9. The van der Waals surface area contributed by atoms with Crippen LogP contribution < -0.4 is 9.62 Å². The van der Waals surface area contributed by atoms with E-state index in [1.54, 1.807) is 11.0 Å². The summed E-state index contributed by atoms with van der Waals surface area (Å²) in [6.45, 7) is 4.39. The molecule has 0 saturated carbocycles. The number of aryl methyl sites for hydroxylation is 1. The molecule has 1 N–H and O–H groups in total. The number of nitrogens with one attached hydrogen (secondary N) is 1. The minimum Gasteiger partial charge on any atom is -0.367 e. The number of sulfonamides is 1. The Bertz CT molecular complexity index is 1240. The summed E-state index contributed by atoms with van der Waals surface area (Å²) in [6.07, 6.45) is 0. The maximum Gasteiger partial charge on any atom is 0.254 e. The van der Waals surface area contributed by atoms with Gasteiger partial charge >= 0.3 is 0 Å². The lowest BCUT2D eigenvalue weighted by atomic mass is 10.1. The highest BCUT2D eigenvalue weighted by Crippen LogP contribution is 2.26. The average molecular weight is 484 g/mol. The van der Waals surface area contributed by atoms with Gasteiger partial charge in [0.15, 0.2) is 0 Å². The first-order valence-corrected chi connectivity index (χ1v) is 12.6. The third-order valence-electron chi connectivity index (χ3n) is 5.82. The summed E-state index contributed by atoms with van der Waals surface area (Å²) in [5, 5.41) is 0.689. The van der Waals surface area contributed by atoms with Crippen molar-refractivity contribution in [3.63, 3.8) is 0 Å². The second kappa shape index (κ2) is 9.95. The van der Waals surface area contributed by atoms with E-state index in [1.807, 2.05) is 61.5 Å². The van der Waals surface area contributed by atoms with Gasteiger partial charge in [-0.05, 0) is 42.3 Å². The van der Waals surface area contributed by atoms with Crippen LogP contribution >= 0.6 is 11.6 Å². The lowest BCUT2D eigenvalue weighted by molar-refractivity contribution is 0.0746. The van der Waals surface area contributed by atoms with E-state index >= 15 is 0 Å². The van der Waals surface area contributed by atoms with Crippen LogP contribution in [0.3, 0.4) is 0 Å². The van der Waals surface area contributed by atoms with Gasteiger partial charge in [-0.2, -0.15) is 0 Å². The normalized spacial score (nSPS) is 14.4. The maximum absolute atomic E-state index is 13.3. The molecule has 8 heteroatoms. The largest absolute Gasteiger partial charge is 0.367 e. The molecule has 0 bridgehead atoms. The van der Waals surface area contributed by atoms with Gasteiger partial charge in [0.2, 0.25) is 10.0 Å². The number of halogens is 1. The van der Waals surface area contributed by atoms with Gasteiger partial charge < -0.3 is 9.80 Å². The fraction of sp³-hybridized carbons (Fsp3) is 0.240. The topological polar surface area (TPSA) is 69.7 Å². The third kappa shape index (κ3) is 5.38. The molecule has 6 nitrogen and oxygen atoms in total. The second-order valence-electron chi connectivity index (χ2n) is 8.02. The first-order chi connectivity index (χ1) is 15.8. The van der Waals surface area contributed by atoms with Gasteiger partial charge in [0.05, 0.1) is 15.6 Å². The first-order valence-electron chi connectivity index (χ1n) is 10.8. The molecule has 1 aliphatic rings. The molecule has 0 spiro atoms. The van der Waals surface area contributed by atoms with Gasteiger partial charge in [0.25, 0.3) is 5.91 Å². The highest BCUT2D eigenvalue weighted by molar-refractivity contribution is 7.89. The Labute approximate surface area is 199 Å². The van der Waals surface area contributed by atoms with E-state index in [0.717, 1.165) is 16.8 Å². The number of piperazine rings is 1. The molecule has 3 aromatic rings. The number of hydrogen-bond donors (Lipinski definition) is 1. The molecule has 0 atom stereocenters. The second-order valence-corrected chi connectivity index (χ2v) is 10.2. The van der Waals surface area contributed by atoms with Crippen LogP contribution in [0.4, 0.5) is 5.69 Å². The van der Waals surface area contributed by atoms with Crippen molar-refractivity contribution < 1.29 is 13.2 Å². The summed E-state index contributed by atoms with van der Waals surface area (Å²) in [4.78, 5) is 17.3. The van der Waals surface area contributed by atoms with E-state index in [0.29, 0.717) is 36.8 Å². The van der Waals surface area contributed by atoms with Gasteiger partial charge in [0.1, 0.15) is 0 Å². The summed E-state index contributed by atoms with van der Waals surface area (Å²) in [5.41, 5.74) is 2.97. The quantitative estimate of drug-likeness (QED) is 0.573. The fourth-order valence-corrected chi connectivity index (χ4v) is 5.18. The SMILES string of the molecule is Cc1ccc(S(=O)(=O)NCc2ccccc2)cc1C(=O)N1CCN(c2ccccc2Cl)CC1. The number of benzene rings is 3. The fourth-order valence-electron chi connectivity index (χ4n) is 3.89. The van der Waals surface area contributed by atoms with E-state index in [2.05, 4.69) is 9.62 Å². The smallest absolute Gasteiger partial charge is 0.254 e. The van der Waals surface area contributed by atoms with Gasteiger partial charge in [-0.15, -0.1) is 0 Å². The minimum atomic E-state index is -3.76. The number of para-hydroxylation sites is 1. The van der Waals surface area contributed by atoms with Crippen molar-refractivity contribution in [1.82, 2.24) is 9.62 Å². The molecule has 0 aromatic heterocycles. The molecule has 1 saturated heterocycles. The van der Waals surface area contributed by atoms with Crippen molar-refractivity contribution in [3.8, 4) is 0 Å². The Hall–Kier alpha value is -2.87. The number of anilines is 1. The molecule has 1 aliphatic heterocycles. The Morgan fingerprint density at radius 2 is 1.61 bits per heavy atom. The molecule has 33 heavy (non-hydrogen) atoms. The Morgan fingerprint density at radius 3 is 2.30 bits per heavy atom. The van der Waals surface area contributed by atoms with Crippen molar-refractivity contribution in [3.05, 3.63) is 94.5 Å². The first kappa shape index (κ1) is 23.3. The molecule has 1 amide bonds. The Balaban J connectivity index is 1.46. The van der Waals surface area contributed by atoms with Crippen LogP contribution in [0.25, 0.3) is 0 Å². The molecule has 0 unspecified atom stereocenters. The van der Waals surface area contributed by atoms with Crippen molar-refractivity contribution in [1.29, 1.82) is 0 Å². The van der Waals surface area contributed by atoms with Crippen LogP contribution in [0.1, 0.15) is 21.5 Å². The van der Waals surface area contributed by atoms with Crippen LogP contribution in [0, 0.1) is 6.92 Å². The standard InChI is InChI=1S/C25H26ClN3O3S/c1-19-11-12-21(33(31,32)27-18-20-7-3-2-4-8-20)17-22(19)25(30)29-15-13-28(14-16-29)24-10-6-5-9-23(24)26/h2-12,17,27H,13-16,18H2,1H3. The van der Waals surface area contributed by atoms with Crippen molar-refractivity contribution >= 4 is 33.2 Å². The van der Waals surface area contributed by atoms with Gasteiger partial charge in [-0.25, -0.2) is 13.1 Å². The molecule has 1 fully saturated rings. The van der Waals surface area contributed by atoms with Crippen molar-refractivity contribution in [2.75, 3.05) is 31.1 Å². The predicted octanol–water partition coefficient (Wildman–Crippen LogP) is 4.09. The summed E-state index contributed by atoms with van der Waals surface area (Å²) in [5.74, 6) is -0.161. The minimum absolute atomic E-state index is 0.0853. The van der Waals surface area contributed by atoms with Crippen LogP contribution in [0.15, 0.2) is 77.7 Å². The predicted molar refractivity (Wildman–Crippen MR) is 131 cm³/mol. The molecule has 0 aliphatic carbocycles. The Morgan fingerprint density at radius 1 is 0.939 bits per heavy atom. The number of rotatable bonds is 6. The number of carbonyl (C=O) groups excluding carboxylic acids is 1. The van der Waals surface area contributed by atoms with Gasteiger partial charge in [-0.3, -0.25) is 4.79 Å². The van der Waals surface area contributed by atoms with Crippen LogP contribution in [0.2, 0.25) is 5.02 Å². The van der Waals surface area contributed by atoms with E-state index in [9.17, 15) is 13.2 Å². The average Bonchev–Trinajstić information content (AvgIpc) is 2.84. The van der Waals surface area contributed by atoms with E-state index in [1.165, 1.54) is 12.1 Å². The highest BCUT2D eigenvalue weighted by atomic mass is 35.5. The van der Waals surface area contributed by atoms with Crippen molar-refractivity contribution in [2.24, 2.45) is 0 Å². The van der Waals surface area contributed by atoms with E-state index in [-0.39, 0.29) is 17.3 Å². The van der Waals surface area contributed by atoms with Gasteiger partial charge in [-0.1, -0.05) is 60.1 Å². The molecule has 3 aromatic carbocycles. The lowest BCUT2D eigenvalue weighted by Crippen LogP contribution is -2.49. The Kier molecular flexibility index (Phi) is 7.02. The maximum atomic E-state index is 13.3. The van der Waals surface area contributed by atoms with E-state index < -0.39 is 10.0 Å². The molecule has 0 radical (unpaired) electrons. The number of carbonyl (C=O) groups is 1. The van der Waals surface area contributed by atoms with Gasteiger partial charge in [0, 0.05) is 38.3 Å². The van der Waals surface area contributed by atoms with Crippen LogP contribution in [-0.2, 0) is 16.6 Å². The summed E-state index contributed by atoms with van der Waals surface area (Å²) < 4.78 is 28.3. The monoisotopic (exact) mass is 483 g/mol. The zero-order chi connectivity index (χ0) is 23.4. The van der Waals surface area contributed by atoms with Crippen LogP contribution in [-0.4, -0.2) is 45.4 Å². The number of nitrogens with zero attached hydrogens (tertiary/aromatic N) is 2. The molecule has 4 rings (SSSR count). The lowest BCUT2D eigenvalue weighted by Gasteiger charge is -2.36. The molecular formula is C25H26ClN3O3S. The van der Waals surface area contributed by atoms with Crippen LogP contribution in [0.5, 0.6) is 0 Å². The summed E-state index contributed by atoms with van der Waals surface area (Å²) >= 11 is 6.31. The number of amides is 1. The third-order valence-corrected chi connectivity index (χ3v) is 7.54. The number of hydrogen-bond acceptors (Lipinski definition) is 4. The van der Waals surface area contributed by atoms with Crippen molar-refractivity contribution in [2.45, 2.75) is 18.4 Å². The molecule has 1 heterocycles. The molecular weight excluding hydrogens is 458 g/mol.